The molecule has 19 heavy (non-hydrogen) atoms. The minimum atomic E-state index is -0.219. The van der Waals surface area contributed by atoms with E-state index in [4.69, 9.17) is 4.42 Å². The number of furan rings is 1. The molecule has 0 amide bonds. The maximum atomic E-state index is 10.8. The quantitative estimate of drug-likeness (QED) is 0.897. The van der Waals surface area contributed by atoms with Gasteiger partial charge in [-0.15, -0.1) is 0 Å². The third kappa shape index (κ3) is 1.87. The van der Waals surface area contributed by atoms with Crippen molar-refractivity contribution in [1.82, 2.24) is 0 Å². The van der Waals surface area contributed by atoms with E-state index in [0.29, 0.717) is 11.8 Å². The lowest BCUT2D eigenvalue weighted by Gasteiger charge is -2.62. The Bertz CT molecular complexity index is 448. The first-order valence-electron chi connectivity index (χ1n) is 7.77. The molecule has 1 N–H and O–H groups in total. The molecule has 0 aromatic carbocycles. The van der Waals surface area contributed by atoms with Crippen molar-refractivity contribution in [2.24, 2.45) is 22.7 Å². The second-order valence-electron chi connectivity index (χ2n) is 7.93. The zero-order valence-corrected chi connectivity index (χ0v) is 11.8. The summed E-state index contributed by atoms with van der Waals surface area (Å²) in [6.07, 6.45) is 10.1. The SMILES string of the molecule is CC12CC3CC(C1)CC(C(O)Cc1ccco1)(C3)C2. The Kier molecular flexibility index (Phi) is 2.45. The predicted molar refractivity (Wildman–Crippen MR) is 73.6 cm³/mol. The predicted octanol–water partition coefficient (Wildman–Crippen LogP) is 3.79. The summed E-state index contributed by atoms with van der Waals surface area (Å²) in [6.45, 7) is 2.46. The molecular formula is C17H24O2. The third-order valence-electron chi connectivity index (χ3n) is 6.08. The van der Waals surface area contributed by atoms with Crippen molar-refractivity contribution in [1.29, 1.82) is 0 Å². The first-order valence-corrected chi connectivity index (χ1v) is 7.77. The fraction of sp³-hybridized carbons (Fsp3) is 0.765. The van der Waals surface area contributed by atoms with Crippen LogP contribution in [0, 0.1) is 22.7 Å². The molecule has 5 rings (SSSR count). The fourth-order valence-electron chi connectivity index (χ4n) is 6.02. The van der Waals surface area contributed by atoms with Crippen molar-refractivity contribution in [3.05, 3.63) is 24.2 Å². The van der Waals surface area contributed by atoms with Gasteiger partial charge < -0.3 is 9.52 Å². The summed E-state index contributed by atoms with van der Waals surface area (Å²) >= 11 is 0. The Hall–Kier alpha value is -0.760. The Labute approximate surface area is 115 Å². The van der Waals surface area contributed by atoms with E-state index in [1.54, 1.807) is 6.26 Å². The average molecular weight is 260 g/mol. The van der Waals surface area contributed by atoms with Gasteiger partial charge in [0.05, 0.1) is 12.4 Å². The molecule has 1 heterocycles. The van der Waals surface area contributed by atoms with Crippen molar-refractivity contribution in [3.63, 3.8) is 0 Å². The van der Waals surface area contributed by atoms with Gasteiger partial charge in [0.15, 0.2) is 0 Å². The topological polar surface area (TPSA) is 33.4 Å². The Morgan fingerprint density at radius 2 is 2.05 bits per heavy atom. The van der Waals surface area contributed by atoms with E-state index in [1.807, 2.05) is 12.1 Å². The number of hydrogen-bond donors (Lipinski definition) is 1. The smallest absolute Gasteiger partial charge is 0.106 e. The molecule has 4 saturated carbocycles. The average Bonchev–Trinajstić information content (AvgIpc) is 2.78. The van der Waals surface area contributed by atoms with E-state index in [2.05, 4.69) is 6.92 Å². The number of aliphatic hydroxyl groups is 1. The van der Waals surface area contributed by atoms with Crippen LogP contribution in [0.3, 0.4) is 0 Å². The number of aliphatic hydroxyl groups excluding tert-OH is 1. The highest BCUT2D eigenvalue weighted by molar-refractivity contribution is 5.11. The van der Waals surface area contributed by atoms with Crippen LogP contribution in [-0.2, 0) is 6.42 Å². The lowest BCUT2D eigenvalue weighted by molar-refractivity contribution is -0.153. The summed E-state index contributed by atoms with van der Waals surface area (Å²) < 4.78 is 5.43. The number of rotatable bonds is 3. The van der Waals surface area contributed by atoms with Crippen molar-refractivity contribution in [2.75, 3.05) is 0 Å². The van der Waals surface area contributed by atoms with E-state index in [9.17, 15) is 5.11 Å². The van der Waals surface area contributed by atoms with Crippen LogP contribution in [0.15, 0.2) is 22.8 Å². The molecule has 2 heteroatoms. The van der Waals surface area contributed by atoms with E-state index >= 15 is 0 Å². The van der Waals surface area contributed by atoms with Crippen molar-refractivity contribution < 1.29 is 9.52 Å². The molecule has 0 radical (unpaired) electrons. The Morgan fingerprint density at radius 1 is 1.32 bits per heavy atom. The Balaban J connectivity index is 1.59. The minimum Gasteiger partial charge on any atom is -0.469 e. The zero-order chi connectivity index (χ0) is 13.1. The van der Waals surface area contributed by atoms with Crippen molar-refractivity contribution in [3.8, 4) is 0 Å². The van der Waals surface area contributed by atoms with Crippen LogP contribution in [0.4, 0.5) is 0 Å². The fourth-order valence-corrected chi connectivity index (χ4v) is 6.02. The first kappa shape index (κ1) is 12.0. The molecule has 3 atom stereocenters. The van der Waals surface area contributed by atoms with Gasteiger partial charge in [0.1, 0.15) is 5.76 Å². The van der Waals surface area contributed by atoms with E-state index in [1.165, 1.54) is 38.5 Å². The molecule has 1 aromatic heterocycles. The highest BCUT2D eigenvalue weighted by Crippen LogP contribution is 2.66. The van der Waals surface area contributed by atoms with Gasteiger partial charge in [-0.1, -0.05) is 6.92 Å². The zero-order valence-electron chi connectivity index (χ0n) is 11.8. The molecule has 0 saturated heterocycles. The first-order chi connectivity index (χ1) is 9.07. The highest BCUT2D eigenvalue weighted by atomic mass is 16.3. The Morgan fingerprint density at radius 3 is 2.63 bits per heavy atom. The van der Waals surface area contributed by atoms with Crippen LogP contribution in [0.1, 0.15) is 51.2 Å². The van der Waals surface area contributed by atoms with E-state index in [-0.39, 0.29) is 11.5 Å². The molecule has 4 aliphatic carbocycles. The highest BCUT2D eigenvalue weighted by Gasteiger charge is 2.58. The third-order valence-corrected chi connectivity index (χ3v) is 6.08. The summed E-state index contributed by atoms with van der Waals surface area (Å²) in [4.78, 5) is 0. The van der Waals surface area contributed by atoms with Gasteiger partial charge in [-0.25, -0.2) is 0 Å². The second kappa shape index (κ2) is 3.88. The lowest BCUT2D eigenvalue weighted by atomic mass is 9.43. The number of hydrogen-bond acceptors (Lipinski definition) is 2. The molecule has 0 aliphatic heterocycles. The summed E-state index contributed by atoms with van der Waals surface area (Å²) in [7, 11) is 0. The van der Waals surface area contributed by atoms with E-state index < -0.39 is 0 Å². The van der Waals surface area contributed by atoms with Gasteiger partial charge in [-0.2, -0.15) is 0 Å². The van der Waals surface area contributed by atoms with Crippen molar-refractivity contribution in [2.45, 2.75) is 58.0 Å². The lowest BCUT2D eigenvalue weighted by Crippen LogP contribution is -2.55. The van der Waals surface area contributed by atoms with Gasteiger partial charge >= 0.3 is 0 Å². The van der Waals surface area contributed by atoms with Gasteiger partial charge in [-0.3, -0.25) is 0 Å². The maximum absolute atomic E-state index is 10.8. The minimum absolute atomic E-state index is 0.186. The van der Waals surface area contributed by atoms with Gasteiger partial charge in [-0.05, 0) is 73.3 Å². The summed E-state index contributed by atoms with van der Waals surface area (Å²) in [5, 5.41) is 10.8. The van der Waals surface area contributed by atoms with Crippen LogP contribution < -0.4 is 0 Å². The van der Waals surface area contributed by atoms with Gasteiger partial charge in [0.2, 0.25) is 0 Å². The molecule has 4 fully saturated rings. The van der Waals surface area contributed by atoms with Crippen LogP contribution in [0.2, 0.25) is 0 Å². The van der Waals surface area contributed by atoms with Crippen LogP contribution >= 0.6 is 0 Å². The van der Waals surface area contributed by atoms with Gasteiger partial charge in [0.25, 0.3) is 0 Å². The van der Waals surface area contributed by atoms with E-state index in [0.717, 1.165) is 17.6 Å². The summed E-state index contributed by atoms with van der Waals surface area (Å²) in [5.74, 6) is 2.68. The van der Waals surface area contributed by atoms with Crippen LogP contribution in [0.25, 0.3) is 0 Å². The molecule has 4 aliphatic rings. The molecule has 1 aromatic rings. The standard InChI is InChI=1S/C17H24O2/c1-16-7-12-5-13(8-16)10-17(9-12,11-16)15(18)6-14-3-2-4-19-14/h2-4,12-13,15,18H,5-11H2,1H3. The second-order valence-corrected chi connectivity index (χ2v) is 7.93. The molecule has 3 unspecified atom stereocenters. The van der Waals surface area contributed by atoms with Crippen LogP contribution in [0.5, 0.6) is 0 Å². The summed E-state index contributed by atoms with van der Waals surface area (Å²) in [6, 6.07) is 3.91. The van der Waals surface area contributed by atoms with Gasteiger partial charge in [0, 0.05) is 6.42 Å². The monoisotopic (exact) mass is 260 g/mol. The largest absolute Gasteiger partial charge is 0.469 e. The molecule has 2 nitrogen and oxygen atoms in total. The molecular weight excluding hydrogens is 236 g/mol. The normalized spacial score (nSPS) is 45.6. The maximum Gasteiger partial charge on any atom is 0.106 e. The summed E-state index contributed by atoms with van der Waals surface area (Å²) in [5.41, 5.74) is 0.694. The van der Waals surface area contributed by atoms with Crippen molar-refractivity contribution >= 4 is 0 Å². The molecule has 104 valence electrons. The molecule has 0 spiro atoms. The molecule has 4 bridgehead atoms. The van der Waals surface area contributed by atoms with Crippen LogP contribution in [-0.4, -0.2) is 11.2 Å².